The predicted octanol–water partition coefficient (Wildman–Crippen LogP) is 2.16. The van der Waals surface area contributed by atoms with E-state index >= 15 is 0 Å². The fraction of sp³-hybridized carbons (Fsp3) is 0.0690. The van der Waals surface area contributed by atoms with Crippen LogP contribution in [0.5, 0.6) is 0 Å². The van der Waals surface area contributed by atoms with Crippen molar-refractivity contribution in [3.63, 3.8) is 0 Å². The molecule has 0 unspecified atom stereocenters. The first-order chi connectivity index (χ1) is 18.6. The third-order valence-electron chi connectivity index (χ3n) is 5.39. The zero-order valence-electron chi connectivity index (χ0n) is 20.8. The lowest BCUT2D eigenvalue weighted by molar-refractivity contribution is -2.00. The fourth-order valence-electron chi connectivity index (χ4n) is 3.85. The summed E-state index contributed by atoms with van der Waals surface area (Å²) in [6.07, 6.45) is -0.719. The molecule has 202 valence electrons. The Morgan fingerprint density at radius 1 is 0.744 bits per heavy atom. The number of carbonyl (C=O) groups excluding carboxylic acids is 1. The Balaban J connectivity index is 0.000000771. The monoisotopic (exact) mass is 630 g/mol. The summed E-state index contributed by atoms with van der Waals surface area (Å²) in [5.41, 5.74) is 0.795. The molecule has 10 heteroatoms. The first-order valence-corrected chi connectivity index (χ1v) is 15.5. The maximum atomic E-state index is 12.5. The summed E-state index contributed by atoms with van der Waals surface area (Å²) >= 11 is 3.50. The molecule has 0 radical (unpaired) electrons. The molecule has 39 heavy (non-hydrogen) atoms. The number of halogens is 2. The lowest BCUT2D eigenvalue weighted by Crippen LogP contribution is -2.68. The van der Waals surface area contributed by atoms with Crippen molar-refractivity contribution >= 4 is 51.0 Å². The van der Waals surface area contributed by atoms with Gasteiger partial charge in [0.2, 0.25) is 0 Å². The van der Waals surface area contributed by atoms with Crippen molar-refractivity contribution in [2.45, 2.75) is 6.92 Å². The quantitative estimate of drug-likeness (QED) is 0.174. The largest absolute Gasteiger partial charge is 0.513 e. The van der Waals surface area contributed by atoms with E-state index in [4.69, 9.17) is 28.1 Å². The Morgan fingerprint density at radius 3 is 1.49 bits per heavy atom. The maximum Gasteiger partial charge on any atom is 0.513 e. The molecule has 0 aliphatic carbocycles. The summed E-state index contributed by atoms with van der Waals surface area (Å²) < 4.78 is 45.9. The van der Waals surface area contributed by atoms with Gasteiger partial charge in [-0.2, -0.15) is 0 Å². The van der Waals surface area contributed by atoms with Crippen LogP contribution in [0.4, 0.5) is 4.79 Å². The van der Waals surface area contributed by atoms with Crippen LogP contribution in [-0.2, 0) is 9.47 Å². The average molecular weight is 632 g/mol. The first-order valence-electron chi connectivity index (χ1n) is 11.6. The Hall–Kier alpha value is -3.07. The first kappa shape index (κ1) is 30.5. The molecule has 0 bridgehead atoms. The van der Waals surface area contributed by atoms with Crippen molar-refractivity contribution in [1.82, 2.24) is 0 Å². The number of ether oxygens (including phenoxy) is 2. The van der Waals surface area contributed by atoms with Crippen molar-refractivity contribution in [2.24, 2.45) is 0 Å². The highest BCUT2D eigenvalue weighted by molar-refractivity contribution is 9.10. The summed E-state index contributed by atoms with van der Waals surface area (Å²) in [5.74, 6) is 2.60. The molecule has 0 aliphatic heterocycles. The standard InChI is InChI=1S/C29H25BrO3P.ClHO4/c1-2-32-29(31)33-28(23-18-20-24(30)21-19-23)22-34(25-12-6-3-7-13-25,26-14-8-4-9-15-26)27-16-10-5-11-17-27;2-1(3,4)5/h3-22H,2H2,1H3;(H,2,3,4,5)/q+1;/p-1/b28-22-;. The van der Waals surface area contributed by atoms with Gasteiger partial charge in [-0.1, -0.05) is 70.5 Å². The molecule has 0 atom stereocenters. The topological polar surface area (TPSA) is 128 Å². The molecule has 0 amide bonds. The molecule has 0 fully saturated rings. The van der Waals surface area contributed by atoms with Crippen LogP contribution in [0.15, 0.2) is 126 Å². The van der Waals surface area contributed by atoms with Crippen molar-refractivity contribution in [2.75, 3.05) is 6.61 Å². The predicted molar refractivity (Wildman–Crippen MR) is 145 cm³/mol. The van der Waals surface area contributed by atoms with Crippen LogP contribution in [0.2, 0.25) is 0 Å². The van der Waals surface area contributed by atoms with Crippen LogP contribution < -0.4 is 34.5 Å². The summed E-state index contributed by atoms with van der Waals surface area (Å²) in [4.78, 5) is 12.5. The van der Waals surface area contributed by atoms with Gasteiger partial charge in [-0.15, -0.1) is 10.2 Å². The second kappa shape index (κ2) is 14.4. The van der Waals surface area contributed by atoms with E-state index in [1.165, 1.54) is 0 Å². The van der Waals surface area contributed by atoms with Crippen LogP contribution in [0.3, 0.4) is 0 Å². The molecule has 0 aromatic heterocycles. The number of hydrogen-bond acceptors (Lipinski definition) is 7. The van der Waals surface area contributed by atoms with E-state index in [0.29, 0.717) is 5.76 Å². The third kappa shape index (κ3) is 8.98. The second-order valence-electron chi connectivity index (χ2n) is 7.89. The van der Waals surface area contributed by atoms with Gasteiger partial charge < -0.3 is 9.47 Å². The Morgan fingerprint density at radius 2 is 1.13 bits per heavy atom. The zero-order valence-corrected chi connectivity index (χ0v) is 24.1. The molecule has 4 aromatic carbocycles. The number of rotatable bonds is 7. The molecule has 0 N–H and O–H groups in total. The van der Waals surface area contributed by atoms with Gasteiger partial charge in [-0.05, 0) is 67.6 Å². The van der Waals surface area contributed by atoms with E-state index in [0.717, 1.165) is 25.9 Å². The molecule has 4 aromatic rings. The molecule has 0 heterocycles. The molecule has 0 aliphatic rings. The summed E-state index contributed by atoms with van der Waals surface area (Å²) in [6, 6.07) is 39.0. The molecule has 4 rings (SSSR count). The number of carbonyl (C=O) groups is 1. The Bertz CT molecular complexity index is 1240. The lowest BCUT2D eigenvalue weighted by Gasteiger charge is -2.25. The molecular weight excluding hydrogens is 607 g/mol. The van der Waals surface area contributed by atoms with Crippen molar-refractivity contribution in [3.8, 4) is 0 Å². The van der Waals surface area contributed by atoms with Gasteiger partial charge in [0.15, 0.2) is 5.76 Å². The highest BCUT2D eigenvalue weighted by Crippen LogP contribution is 2.58. The van der Waals surface area contributed by atoms with E-state index in [-0.39, 0.29) is 6.61 Å². The SMILES string of the molecule is CCOC(=O)O/C(=C\[P+](c1ccccc1)(c1ccccc1)c1ccccc1)c1ccc(Br)cc1.[O-][Cl+3]([O-])([O-])[O-]. The number of benzene rings is 4. The van der Waals surface area contributed by atoms with Crippen LogP contribution in [0.1, 0.15) is 12.5 Å². The van der Waals surface area contributed by atoms with Gasteiger partial charge in [0, 0.05) is 10.0 Å². The van der Waals surface area contributed by atoms with E-state index in [2.05, 4.69) is 94.5 Å². The van der Waals surface area contributed by atoms with Gasteiger partial charge in [-0.25, -0.2) is 23.4 Å². The van der Waals surface area contributed by atoms with Crippen molar-refractivity contribution < 1.29 is 43.1 Å². The fourth-order valence-corrected chi connectivity index (χ4v) is 7.93. The minimum atomic E-state index is -4.94. The van der Waals surface area contributed by atoms with Gasteiger partial charge >= 0.3 is 6.16 Å². The highest BCUT2D eigenvalue weighted by Gasteiger charge is 2.45. The van der Waals surface area contributed by atoms with Crippen LogP contribution in [-0.4, -0.2) is 12.8 Å². The van der Waals surface area contributed by atoms with E-state index < -0.39 is 23.7 Å². The average Bonchev–Trinajstić information content (AvgIpc) is 2.92. The molecule has 0 saturated heterocycles. The van der Waals surface area contributed by atoms with Gasteiger partial charge in [0.25, 0.3) is 0 Å². The van der Waals surface area contributed by atoms with Crippen LogP contribution in [0, 0.1) is 10.2 Å². The molecule has 0 saturated carbocycles. The Kier molecular flexibility index (Phi) is 11.2. The lowest BCUT2D eigenvalue weighted by atomic mass is 10.2. The summed E-state index contributed by atoms with van der Waals surface area (Å²) in [5, 5.41) is 3.48. The maximum absolute atomic E-state index is 12.5. The second-order valence-corrected chi connectivity index (χ2v) is 12.8. The van der Waals surface area contributed by atoms with Crippen LogP contribution >= 0.6 is 23.2 Å². The normalized spacial score (nSPS) is 11.7. The zero-order chi connectivity index (χ0) is 28.3. The Labute approximate surface area is 238 Å². The third-order valence-corrected chi connectivity index (χ3v) is 9.87. The smallest absolute Gasteiger partial charge is 0.434 e. The molecule has 7 nitrogen and oxygen atoms in total. The summed E-state index contributed by atoms with van der Waals surface area (Å²) in [7, 11) is -7.31. The van der Waals surface area contributed by atoms with Crippen LogP contribution in [0.25, 0.3) is 5.76 Å². The van der Waals surface area contributed by atoms with Crippen molar-refractivity contribution in [1.29, 1.82) is 0 Å². The van der Waals surface area contributed by atoms with E-state index in [1.54, 1.807) is 6.92 Å². The van der Waals surface area contributed by atoms with E-state index in [9.17, 15) is 4.79 Å². The van der Waals surface area contributed by atoms with Gasteiger partial charge in [0.1, 0.15) is 29.0 Å². The van der Waals surface area contributed by atoms with Crippen molar-refractivity contribution in [3.05, 3.63) is 131 Å². The highest BCUT2D eigenvalue weighted by atomic mass is 79.9. The molecule has 0 spiro atoms. The number of hydrogen-bond donors (Lipinski definition) is 0. The van der Waals surface area contributed by atoms with Gasteiger partial charge in [-0.3, -0.25) is 0 Å². The molecular formula is C29H25BrClO7P. The van der Waals surface area contributed by atoms with Gasteiger partial charge in [0.05, 0.1) is 6.61 Å². The minimum absolute atomic E-state index is 0.239. The minimum Gasteiger partial charge on any atom is -0.434 e. The van der Waals surface area contributed by atoms with E-state index in [1.807, 2.05) is 42.5 Å². The summed E-state index contributed by atoms with van der Waals surface area (Å²) in [6.45, 7) is 2.00.